The Kier molecular flexibility index (Phi) is 510. The summed E-state index contributed by atoms with van der Waals surface area (Å²) in [6.07, 6.45) is 0. The zero-order valence-corrected chi connectivity index (χ0v) is 4.81. The van der Waals surface area contributed by atoms with Gasteiger partial charge in [-0.15, -0.1) is 0 Å². The van der Waals surface area contributed by atoms with Gasteiger partial charge in [-0.2, -0.15) is 0 Å². The van der Waals surface area contributed by atoms with Gasteiger partial charge in [0.2, 0.25) is 0 Å². The maximum absolute atomic E-state index is 6.00. The Balaban J connectivity index is -0.00000000167. The van der Waals surface area contributed by atoms with Gasteiger partial charge >= 0.3 is 37.7 Å². The van der Waals surface area contributed by atoms with Gasteiger partial charge in [-0.25, -0.2) is 0 Å². The minimum Gasteiger partial charge on any atom is -0.412 e. The van der Waals surface area contributed by atoms with Crippen LogP contribution in [-0.4, -0.2) is 59.2 Å². The molecule has 0 aromatic carbocycles. The largest absolute Gasteiger partial charge is 2.00 e. The Morgan fingerprint density at radius 2 is 0.800 bits per heavy atom. The zero-order valence-electron chi connectivity index (χ0n) is 2.60. The molecular formula is H6CaO4+2. The molecule has 5 heteroatoms. The van der Waals surface area contributed by atoms with Crippen molar-refractivity contribution in [3.8, 4) is 0 Å². The van der Waals surface area contributed by atoms with Crippen molar-refractivity contribution in [2.75, 3.05) is 0 Å². The zero-order chi connectivity index (χ0) is 2.00. The van der Waals surface area contributed by atoms with Crippen LogP contribution in [0.2, 0.25) is 0 Å². The van der Waals surface area contributed by atoms with Crippen LogP contribution in [0.3, 0.4) is 0 Å². The summed E-state index contributed by atoms with van der Waals surface area (Å²) < 4.78 is 0. The molecule has 0 fully saturated rings. The van der Waals surface area contributed by atoms with Crippen LogP contribution >= 0.6 is 0 Å². The number of hydrogen-bond donors (Lipinski definition) is 2. The molecule has 0 heterocycles. The molecule has 0 aliphatic rings. The van der Waals surface area contributed by atoms with Crippen molar-refractivity contribution in [3.05, 3.63) is 0 Å². The van der Waals surface area contributed by atoms with Gasteiger partial charge in [-0.05, 0) is 0 Å². The SMILES string of the molecule is O.O.OO.[Ca+2]. The molecule has 0 saturated carbocycles. The Labute approximate surface area is 59.0 Å². The number of hydrogen-bond acceptors (Lipinski definition) is 2. The summed E-state index contributed by atoms with van der Waals surface area (Å²) in [6.45, 7) is 0. The smallest absolute Gasteiger partial charge is 0.412 e. The predicted molar refractivity (Wildman–Crippen MR) is 18.2 cm³/mol. The van der Waals surface area contributed by atoms with Crippen LogP contribution in [0.15, 0.2) is 0 Å². The first-order valence-corrected chi connectivity index (χ1v) is 0.200. The predicted octanol–water partition coefficient (Wildman–Crippen LogP) is -2.01. The molecule has 0 aliphatic heterocycles. The second-order valence-electron chi connectivity index (χ2n) is 0. The van der Waals surface area contributed by atoms with Crippen molar-refractivity contribution < 1.29 is 21.5 Å². The Morgan fingerprint density at radius 3 is 0.800 bits per heavy atom. The molecule has 0 aromatic heterocycles. The van der Waals surface area contributed by atoms with E-state index in [-0.39, 0.29) is 48.7 Å². The molecule has 0 saturated heterocycles. The van der Waals surface area contributed by atoms with E-state index in [0.29, 0.717) is 0 Å². The summed E-state index contributed by atoms with van der Waals surface area (Å²) in [7, 11) is 0. The van der Waals surface area contributed by atoms with E-state index in [1.807, 2.05) is 0 Å². The van der Waals surface area contributed by atoms with Crippen molar-refractivity contribution in [1.82, 2.24) is 0 Å². The van der Waals surface area contributed by atoms with Crippen LogP contribution in [0.1, 0.15) is 0 Å². The van der Waals surface area contributed by atoms with Crippen molar-refractivity contribution in [2.45, 2.75) is 0 Å². The molecule has 5 heavy (non-hydrogen) atoms. The summed E-state index contributed by atoms with van der Waals surface area (Å²) in [4.78, 5) is 0. The third-order valence-electron chi connectivity index (χ3n) is 0. The van der Waals surface area contributed by atoms with Gasteiger partial charge in [0.05, 0.1) is 0 Å². The second kappa shape index (κ2) is 70.9. The fourth-order valence-corrected chi connectivity index (χ4v) is 0. The molecular weight excluding hydrogens is 104 g/mol. The summed E-state index contributed by atoms with van der Waals surface area (Å²) in [6, 6.07) is 0. The van der Waals surface area contributed by atoms with E-state index in [9.17, 15) is 0 Å². The Bertz CT molecular complexity index is 3.61. The van der Waals surface area contributed by atoms with E-state index < -0.39 is 0 Å². The maximum atomic E-state index is 6.00. The van der Waals surface area contributed by atoms with Crippen LogP contribution in [0, 0.1) is 0 Å². The average Bonchev–Trinajstić information content (AvgIpc) is 1.00. The quantitative estimate of drug-likeness (QED) is 0.213. The summed E-state index contributed by atoms with van der Waals surface area (Å²) in [5.74, 6) is 0. The Morgan fingerprint density at radius 1 is 0.800 bits per heavy atom. The van der Waals surface area contributed by atoms with Crippen LogP contribution < -0.4 is 0 Å². The van der Waals surface area contributed by atoms with E-state index >= 15 is 0 Å². The normalized spacial score (nSPS) is 1.20. The third-order valence-corrected chi connectivity index (χ3v) is 0. The van der Waals surface area contributed by atoms with E-state index in [1.54, 1.807) is 0 Å². The van der Waals surface area contributed by atoms with Crippen molar-refractivity contribution in [1.29, 1.82) is 0 Å². The topological polar surface area (TPSA) is 103 Å². The molecule has 0 aromatic rings. The first-order chi connectivity index (χ1) is 1.00. The molecule has 0 bridgehead atoms. The molecule has 30 valence electrons. The van der Waals surface area contributed by atoms with E-state index in [1.165, 1.54) is 0 Å². The fraction of sp³-hybridized carbons (Fsp3) is 0. The Hall–Kier alpha value is 1.10. The van der Waals surface area contributed by atoms with Crippen LogP contribution in [0.4, 0.5) is 0 Å². The average molecular weight is 110 g/mol. The third kappa shape index (κ3) is 40.5. The maximum Gasteiger partial charge on any atom is 2.00 e. The van der Waals surface area contributed by atoms with Crippen LogP contribution in [-0.2, 0) is 0 Å². The van der Waals surface area contributed by atoms with E-state index in [4.69, 9.17) is 10.5 Å². The molecule has 0 spiro atoms. The van der Waals surface area contributed by atoms with Crippen LogP contribution in [0.5, 0.6) is 0 Å². The summed E-state index contributed by atoms with van der Waals surface area (Å²) >= 11 is 0. The molecule has 0 radical (unpaired) electrons. The molecule has 0 unspecified atom stereocenters. The van der Waals surface area contributed by atoms with Gasteiger partial charge in [0.25, 0.3) is 0 Å². The fourth-order valence-electron chi connectivity index (χ4n) is 0. The van der Waals surface area contributed by atoms with Gasteiger partial charge in [0, 0.05) is 0 Å². The number of rotatable bonds is 0. The van der Waals surface area contributed by atoms with E-state index in [2.05, 4.69) is 0 Å². The summed E-state index contributed by atoms with van der Waals surface area (Å²) in [5, 5.41) is 12.0. The van der Waals surface area contributed by atoms with Gasteiger partial charge in [-0.1, -0.05) is 0 Å². The minimum absolute atomic E-state index is 0. The molecule has 0 atom stereocenters. The van der Waals surface area contributed by atoms with Gasteiger partial charge in [0.15, 0.2) is 0 Å². The van der Waals surface area contributed by atoms with Crippen molar-refractivity contribution in [2.24, 2.45) is 0 Å². The van der Waals surface area contributed by atoms with Crippen molar-refractivity contribution >= 4 is 37.7 Å². The second-order valence-corrected chi connectivity index (χ2v) is 0. The molecule has 0 aliphatic carbocycles. The van der Waals surface area contributed by atoms with Gasteiger partial charge in [-0.3, -0.25) is 10.5 Å². The molecule has 0 rings (SSSR count). The van der Waals surface area contributed by atoms with E-state index in [0.717, 1.165) is 0 Å². The first-order valence-electron chi connectivity index (χ1n) is 0.200. The van der Waals surface area contributed by atoms with Crippen LogP contribution in [0.25, 0.3) is 0 Å². The van der Waals surface area contributed by atoms with Crippen molar-refractivity contribution in [3.63, 3.8) is 0 Å². The summed E-state index contributed by atoms with van der Waals surface area (Å²) in [5.41, 5.74) is 0. The standard InChI is InChI=1S/Ca.H2O2.2H2O/c;1-2;;/h;1-2H;2*1H2/q+2;;;. The molecule has 6 N–H and O–H groups in total. The van der Waals surface area contributed by atoms with Gasteiger partial charge < -0.3 is 11.0 Å². The molecule has 0 amide bonds. The first kappa shape index (κ1) is 36.0. The van der Waals surface area contributed by atoms with Gasteiger partial charge in [0.1, 0.15) is 0 Å². The molecule has 4 nitrogen and oxygen atoms in total. The minimum atomic E-state index is 0. The monoisotopic (exact) mass is 110 g/mol.